The summed E-state index contributed by atoms with van der Waals surface area (Å²) in [5.74, 6) is 1.40. The second-order valence-corrected chi connectivity index (χ2v) is 7.13. The monoisotopic (exact) mass is 384 g/mol. The van der Waals surface area contributed by atoms with Crippen LogP contribution >= 0.6 is 11.8 Å². The minimum absolute atomic E-state index is 0.212. The molecule has 0 aliphatic carbocycles. The number of hydrogen-bond acceptors (Lipinski definition) is 4. The lowest BCUT2D eigenvalue weighted by molar-refractivity contribution is 0.627. The Morgan fingerprint density at radius 3 is 2.19 bits per heavy atom. The van der Waals surface area contributed by atoms with Crippen LogP contribution in [0.2, 0.25) is 0 Å². The molecular formula is C21H25FN4S. The van der Waals surface area contributed by atoms with E-state index in [-0.39, 0.29) is 5.82 Å². The predicted octanol–water partition coefficient (Wildman–Crippen LogP) is 5.24. The van der Waals surface area contributed by atoms with Gasteiger partial charge in [0, 0.05) is 36.6 Å². The normalized spacial score (nSPS) is 11.0. The van der Waals surface area contributed by atoms with Crippen LogP contribution in [0.1, 0.15) is 26.3 Å². The second-order valence-electron chi connectivity index (χ2n) is 6.18. The predicted molar refractivity (Wildman–Crippen MR) is 111 cm³/mol. The van der Waals surface area contributed by atoms with Crippen LogP contribution < -0.4 is 4.90 Å². The van der Waals surface area contributed by atoms with Gasteiger partial charge in [0.25, 0.3) is 0 Å². The maximum absolute atomic E-state index is 13.0. The molecule has 2 aromatic carbocycles. The zero-order chi connectivity index (χ0) is 19.2. The molecule has 0 amide bonds. The summed E-state index contributed by atoms with van der Waals surface area (Å²) >= 11 is 1.62. The Kier molecular flexibility index (Phi) is 6.50. The quantitative estimate of drug-likeness (QED) is 0.497. The zero-order valence-electron chi connectivity index (χ0n) is 16.0. The van der Waals surface area contributed by atoms with Crippen molar-refractivity contribution in [1.29, 1.82) is 0 Å². The molecule has 3 aromatic rings. The highest BCUT2D eigenvalue weighted by Gasteiger charge is 2.14. The molecule has 3 rings (SSSR count). The summed E-state index contributed by atoms with van der Waals surface area (Å²) in [6.07, 6.45) is 0. The van der Waals surface area contributed by atoms with E-state index in [1.807, 2.05) is 12.1 Å². The van der Waals surface area contributed by atoms with E-state index in [9.17, 15) is 4.39 Å². The molecule has 0 saturated heterocycles. The topological polar surface area (TPSA) is 34.0 Å². The fraction of sp³-hybridized carbons (Fsp3) is 0.333. The average Bonchev–Trinajstić information content (AvgIpc) is 3.12. The Morgan fingerprint density at radius 1 is 0.926 bits per heavy atom. The molecule has 0 aliphatic rings. The van der Waals surface area contributed by atoms with Gasteiger partial charge in [-0.3, -0.25) is 0 Å². The van der Waals surface area contributed by atoms with Gasteiger partial charge in [-0.15, -0.1) is 10.2 Å². The van der Waals surface area contributed by atoms with Crippen molar-refractivity contribution in [3.63, 3.8) is 0 Å². The third-order valence-electron chi connectivity index (χ3n) is 4.57. The number of rotatable bonds is 8. The third-order valence-corrected chi connectivity index (χ3v) is 5.61. The lowest BCUT2D eigenvalue weighted by Crippen LogP contribution is -2.21. The SMILES string of the molecule is CCN(CC)c1ccc(-c2nnc(SCc3ccc(F)cc3)n2CC)cc1. The molecule has 1 aromatic heterocycles. The van der Waals surface area contributed by atoms with Crippen molar-refractivity contribution in [2.75, 3.05) is 18.0 Å². The van der Waals surface area contributed by atoms with Crippen molar-refractivity contribution in [3.05, 3.63) is 59.9 Å². The summed E-state index contributed by atoms with van der Waals surface area (Å²) in [4.78, 5) is 2.32. The Labute approximate surface area is 164 Å². The van der Waals surface area contributed by atoms with Gasteiger partial charge >= 0.3 is 0 Å². The van der Waals surface area contributed by atoms with Crippen molar-refractivity contribution >= 4 is 17.4 Å². The molecule has 142 valence electrons. The number of thioether (sulfide) groups is 1. The summed E-state index contributed by atoms with van der Waals surface area (Å²) in [6, 6.07) is 15.1. The van der Waals surface area contributed by atoms with E-state index in [4.69, 9.17) is 0 Å². The van der Waals surface area contributed by atoms with Crippen LogP contribution in [0.3, 0.4) is 0 Å². The molecule has 0 aliphatic heterocycles. The molecule has 27 heavy (non-hydrogen) atoms. The largest absolute Gasteiger partial charge is 0.372 e. The third kappa shape index (κ3) is 4.50. The molecule has 0 unspecified atom stereocenters. The molecule has 0 radical (unpaired) electrons. The summed E-state index contributed by atoms with van der Waals surface area (Å²) in [6.45, 7) is 9.20. The molecule has 0 bridgehead atoms. The Bertz CT molecular complexity index is 855. The van der Waals surface area contributed by atoms with Crippen LogP contribution in [0.4, 0.5) is 10.1 Å². The minimum atomic E-state index is -0.212. The molecule has 0 atom stereocenters. The van der Waals surface area contributed by atoms with E-state index in [0.29, 0.717) is 0 Å². The Hall–Kier alpha value is -2.34. The number of aromatic nitrogens is 3. The summed E-state index contributed by atoms with van der Waals surface area (Å²) in [7, 11) is 0. The van der Waals surface area contributed by atoms with Crippen molar-refractivity contribution in [2.24, 2.45) is 0 Å². The van der Waals surface area contributed by atoms with E-state index in [0.717, 1.165) is 47.5 Å². The lowest BCUT2D eigenvalue weighted by Gasteiger charge is -2.21. The van der Waals surface area contributed by atoms with Crippen LogP contribution in [0.5, 0.6) is 0 Å². The van der Waals surface area contributed by atoms with Crippen LogP contribution in [0.15, 0.2) is 53.7 Å². The zero-order valence-corrected chi connectivity index (χ0v) is 16.8. The van der Waals surface area contributed by atoms with E-state index < -0.39 is 0 Å². The van der Waals surface area contributed by atoms with Crippen LogP contribution in [-0.4, -0.2) is 27.9 Å². The van der Waals surface area contributed by atoms with Crippen molar-refractivity contribution in [3.8, 4) is 11.4 Å². The minimum Gasteiger partial charge on any atom is -0.372 e. The van der Waals surface area contributed by atoms with Crippen LogP contribution in [0.25, 0.3) is 11.4 Å². The van der Waals surface area contributed by atoms with Gasteiger partial charge in [0.1, 0.15) is 5.82 Å². The smallest absolute Gasteiger partial charge is 0.191 e. The Morgan fingerprint density at radius 2 is 1.59 bits per heavy atom. The first kappa shape index (κ1) is 19.4. The fourth-order valence-electron chi connectivity index (χ4n) is 3.03. The molecule has 4 nitrogen and oxygen atoms in total. The van der Waals surface area contributed by atoms with Crippen molar-refractivity contribution < 1.29 is 4.39 Å². The number of anilines is 1. The highest BCUT2D eigenvalue weighted by atomic mass is 32.2. The number of hydrogen-bond donors (Lipinski definition) is 0. The Balaban J connectivity index is 1.78. The van der Waals surface area contributed by atoms with Crippen molar-refractivity contribution in [1.82, 2.24) is 14.8 Å². The van der Waals surface area contributed by atoms with Gasteiger partial charge in [-0.1, -0.05) is 23.9 Å². The maximum Gasteiger partial charge on any atom is 0.191 e. The van der Waals surface area contributed by atoms with E-state index in [1.54, 1.807) is 11.8 Å². The molecule has 0 saturated carbocycles. The highest BCUT2D eigenvalue weighted by Crippen LogP contribution is 2.27. The van der Waals surface area contributed by atoms with Gasteiger partial charge in [0.2, 0.25) is 0 Å². The summed E-state index contributed by atoms with van der Waals surface area (Å²) in [5, 5.41) is 9.67. The van der Waals surface area contributed by atoms with Crippen LogP contribution in [-0.2, 0) is 12.3 Å². The van der Waals surface area contributed by atoms with Gasteiger partial charge in [-0.25, -0.2) is 4.39 Å². The number of benzene rings is 2. The first-order valence-electron chi connectivity index (χ1n) is 9.32. The first-order valence-corrected chi connectivity index (χ1v) is 10.3. The van der Waals surface area contributed by atoms with E-state index in [2.05, 4.69) is 64.7 Å². The fourth-order valence-corrected chi connectivity index (χ4v) is 3.99. The van der Waals surface area contributed by atoms with E-state index in [1.165, 1.54) is 17.8 Å². The molecule has 0 N–H and O–H groups in total. The van der Waals surface area contributed by atoms with E-state index >= 15 is 0 Å². The first-order chi connectivity index (χ1) is 13.2. The number of nitrogens with zero attached hydrogens (tertiary/aromatic N) is 4. The van der Waals surface area contributed by atoms with Gasteiger partial charge in [-0.05, 0) is 62.7 Å². The lowest BCUT2D eigenvalue weighted by atomic mass is 10.2. The number of halogens is 1. The van der Waals surface area contributed by atoms with Gasteiger partial charge in [0.05, 0.1) is 0 Å². The highest BCUT2D eigenvalue weighted by molar-refractivity contribution is 7.98. The van der Waals surface area contributed by atoms with Crippen molar-refractivity contribution in [2.45, 2.75) is 38.2 Å². The average molecular weight is 385 g/mol. The standard InChI is InChI=1S/C21H25FN4S/c1-4-25(5-2)19-13-9-17(10-14-19)20-23-24-21(26(20)6-3)27-15-16-7-11-18(22)12-8-16/h7-14H,4-6,15H2,1-3H3. The second kappa shape index (κ2) is 9.04. The van der Waals surface area contributed by atoms with Gasteiger partial charge in [-0.2, -0.15) is 0 Å². The molecular weight excluding hydrogens is 359 g/mol. The molecule has 6 heteroatoms. The summed E-state index contributed by atoms with van der Waals surface area (Å²) in [5.41, 5.74) is 3.35. The molecule has 0 fully saturated rings. The molecule has 0 spiro atoms. The van der Waals surface area contributed by atoms with Gasteiger partial charge in [0.15, 0.2) is 11.0 Å². The van der Waals surface area contributed by atoms with Gasteiger partial charge < -0.3 is 9.47 Å². The maximum atomic E-state index is 13.0. The van der Waals surface area contributed by atoms with Crippen LogP contribution in [0, 0.1) is 5.82 Å². The summed E-state index contributed by atoms with van der Waals surface area (Å²) < 4.78 is 15.2. The molecule has 1 heterocycles.